The van der Waals surface area contributed by atoms with Crippen LogP contribution in [0.3, 0.4) is 0 Å². The molecule has 0 radical (unpaired) electrons. The quantitative estimate of drug-likeness (QED) is 0.863. The Labute approximate surface area is 143 Å². The maximum atomic E-state index is 12.2. The number of rotatable bonds is 5. The zero-order chi connectivity index (χ0) is 16.5. The van der Waals surface area contributed by atoms with Crippen molar-refractivity contribution < 1.29 is 9.59 Å². The van der Waals surface area contributed by atoms with Crippen molar-refractivity contribution in [2.24, 2.45) is 0 Å². The molecule has 2 N–H and O–H groups in total. The van der Waals surface area contributed by atoms with Crippen LogP contribution in [-0.2, 0) is 16.1 Å². The topological polar surface area (TPSA) is 88.9 Å². The Bertz CT molecular complexity index is 786. The molecule has 0 saturated heterocycles. The predicted octanol–water partition coefficient (Wildman–Crippen LogP) is 1.73. The number of hydrogen-bond acceptors (Lipinski definition) is 5. The average molecular weight is 343 g/mol. The fraction of sp³-hybridized carbons (Fsp3) is 0.375. The Kier molecular flexibility index (Phi) is 3.97. The number of anilines is 1. The van der Waals surface area contributed by atoms with Gasteiger partial charge in [0.2, 0.25) is 11.8 Å². The molecule has 1 atom stereocenters. The molecule has 8 heteroatoms. The fourth-order valence-corrected chi connectivity index (χ4v) is 3.81. The summed E-state index contributed by atoms with van der Waals surface area (Å²) in [6, 6.07) is 8.08. The van der Waals surface area contributed by atoms with E-state index in [9.17, 15) is 9.59 Å². The van der Waals surface area contributed by atoms with E-state index in [4.69, 9.17) is 0 Å². The van der Waals surface area contributed by atoms with Crippen LogP contribution < -0.4 is 10.6 Å². The third-order valence-corrected chi connectivity index (χ3v) is 5.38. The molecule has 2 aromatic rings. The smallest absolute Gasteiger partial charge is 0.238 e. The number of nitrogens with zero attached hydrogens (tertiary/aromatic N) is 3. The molecule has 1 aromatic heterocycles. The first-order valence-corrected chi connectivity index (χ1v) is 8.80. The van der Waals surface area contributed by atoms with E-state index in [0.29, 0.717) is 12.6 Å². The molecule has 1 aliphatic heterocycles. The van der Waals surface area contributed by atoms with Crippen molar-refractivity contribution in [3.63, 3.8) is 0 Å². The largest absolute Gasteiger partial charge is 0.349 e. The van der Waals surface area contributed by atoms with Gasteiger partial charge in [0.05, 0.1) is 17.5 Å². The number of thioether (sulfide) groups is 1. The Morgan fingerprint density at radius 1 is 1.38 bits per heavy atom. The lowest BCUT2D eigenvalue weighted by Gasteiger charge is -2.23. The lowest BCUT2D eigenvalue weighted by molar-refractivity contribution is -0.124. The molecule has 0 bridgehead atoms. The van der Waals surface area contributed by atoms with Gasteiger partial charge in [0.15, 0.2) is 5.82 Å². The summed E-state index contributed by atoms with van der Waals surface area (Å²) in [6.07, 6.45) is 4.12. The van der Waals surface area contributed by atoms with Gasteiger partial charge in [0, 0.05) is 17.4 Å². The number of nitrogens with one attached hydrogen (secondary N) is 2. The Morgan fingerprint density at radius 2 is 2.21 bits per heavy atom. The summed E-state index contributed by atoms with van der Waals surface area (Å²) in [5.74, 6) is 0.472. The van der Waals surface area contributed by atoms with Gasteiger partial charge in [0.1, 0.15) is 6.33 Å². The molecule has 124 valence electrons. The van der Waals surface area contributed by atoms with E-state index < -0.39 is 5.25 Å². The molecule has 24 heavy (non-hydrogen) atoms. The Hall–Kier alpha value is -2.35. The summed E-state index contributed by atoms with van der Waals surface area (Å²) in [5, 5.41) is 13.2. The highest BCUT2D eigenvalue weighted by Crippen LogP contribution is 2.37. The van der Waals surface area contributed by atoms with Gasteiger partial charge in [-0.05, 0) is 25.0 Å². The van der Waals surface area contributed by atoms with Gasteiger partial charge >= 0.3 is 0 Å². The summed E-state index contributed by atoms with van der Waals surface area (Å²) in [5.41, 5.74) is 0.807. The van der Waals surface area contributed by atoms with Crippen LogP contribution in [-0.4, -0.2) is 31.8 Å². The number of benzene rings is 1. The monoisotopic (exact) mass is 343 g/mol. The maximum Gasteiger partial charge on any atom is 0.238 e. The summed E-state index contributed by atoms with van der Waals surface area (Å²) < 4.78 is 2.01. The first-order chi connectivity index (χ1) is 11.7. The average Bonchev–Trinajstić information content (AvgIpc) is 3.32. The molecule has 0 unspecified atom stereocenters. The molecule has 1 fully saturated rings. The highest BCUT2D eigenvalue weighted by Gasteiger charge is 2.29. The summed E-state index contributed by atoms with van der Waals surface area (Å²) in [4.78, 5) is 25.3. The molecule has 7 nitrogen and oxygen atoms in total. The zero-order valence-corrected chi connectivity index (χ0v) is 13.8. The molecular weight excluding hydrogens is 326 g/mol. The Morgan fingerprint density at radius 3 is 3.04 bits per heavy atom. The van der Waals surface area contributed by atoms with Crippen molar-refractivity contribution in [2.75, 3.05) is 5.32 Å². The number of fused-ring (bicyclic) bond motifs is 1. The minimum absolute atomic E-state index is 0.130. The second-order valence-electron chi connectivity index (χ2n) is 5.96. The third kappa shape index (κ3) is 3.14. The number of carbonyl (C=O) groups is 2. The van der Waals surface area contributed by atoms with Gasteiger partial charge in [-0.3, -0.25) is 9.59 Å². The molecule has 1 aromatic carbocycles. The standard InChI is InChI=1S/C16H17N5O2S/c22-15(17-8-14-20-18-9-21(14)10-5-6-10)7-13-16(23)19-11-3-1-2-4-12(11)24-13/h1-4,9-10,13H,5-8H2,(H,17,22)(H,19,23)/t13-/m1/s1. The molecule has 2 heterocycles. The van der Waals surface area contributed by atoms with E-state index >= 15 is 0 Å². The fourth-order valence-electron chi connectivity index (χ4n) is 2.70. The van der Waals surface area contributed by atoms with E-state index in [1.165, 1.54) is 11.8 Å². The molecular formula is C16H17N5O2S. The minimum atomic E-state index is -0.416. The maximum absolute atomic E-state index is 12.2. The van der Waals surface area contributed by atoms with Crippen molar-refractivity contribution in [3.8, 4) is 0 Å². The molecule has 1 aliphatic carbocycles. The number of aromatic nitrogens is 3. The van der Waals surface area contributed by atoms with E-state index in [2.05, 4.69) is 20.8 Å². The lowest BCUT2D eigenvalue weighted by atomic mass is 10.2. The minimum Gasteiger partial charge on any atom is -0.349 e. The summed E-state index contributed by atoms with van der Waals surface area (Å²) in [7, 11) is 0. The van der Waals surface area contributed by atoms with E-state index in [0.717, 1.165) is 29.2 Å². The van der Waals surface area contributed by atoms with Gasteiger partial charge in [-0.15, -0.1) is 22.0 Å². The SMILES string of the molecule is O=C(C[C@H]1Sc2ccccc2NC1=O)NCc1nncn1C1CC1. The van der Waals surface area contributed by atoms with Crippen LogP contribution in [0.15, 0.2) is 35.5 Å². The second-order valence-corrected chi connectivity index (χ2v) is 7.20. The van der Waals surface area contributed by atoms with Crippen molar-refractivity contribution in [3.05, 3.63) is 36.4 Å². The highest BCUT2D eigenvalue weighted by atomic mass is 32.2. The molecule has 4 rings (SSSR count). The predicted molar refractivity (Wildman–Crippen MR) is 89.5 cm³/mol. The zero-order valence-electron chi connectivity index (χ0n) is 12.9. The second kappa shape index (κ2) is 6.27. The van der Waals surface area contributed by atoms with E-state index in [-0.39, 0.29) is 18.2 Å². The van der Waals surface area contributed by atoms with Gasteiger partial charge in [0.25, 0.3) is 0 Å². The van der Waals surface area contributed by atoms with Crippen LogP contribution >= 0.6 is 11.8 Å². The number of para-hydroxylation sites is 1. The van der Waals surface area contributed by atoms with Crippen LogP contribution in [0.2, 0.25) is 0 Å². The highest BCUT2D eigenvalue weighted by molar-refractivity contribution is 8.01. The van der Waals surface area contributed by atoms with Crippen molar-refractivity contribution >= 4 is 29.3 Å². The summed E-state index contributed by atoms with van der Waals surface area (Å²) >= 11 is 1.43. The van der Waals surface area contributed by atoms with Gasteiger partial charge in [-0.2, -0.15) is 0 Å². The van der Waals surface area contributed by atoms with Gasteiger partial charge < -0.3 is 15.2 Å². The summed E-state index contributed by atoms with van der Waals surface area (Å²) in [6.45, 7) is 0.338. The lowest BCUT2D eigenvalue weighted by Crippen LogP contribution is -2.35. The molecule has 0 spiro atoms. The molecule has 2 amide bonds. The van der Waals surface area contributed by atoms with Crippen LogP contribution in [0.5, 0.6) is 0 Å². The third-order valence-electron chi connectivity index (χ3n) is 4.11. The first kappa shape index (κ1) is 15.2. The number of hydrogen-bond donors (Lipinski definition) is 2. The van der Waals surface area contributed by atoms with Crippen LogP contribution in [0, 0.1) is 0 Å². The van der Waals surface area contributed by atoms with Crippen LogP contribution in [0.25, 0.3) is 0 Å². The van der Waals surface area contributed by atoms with Crippen LogP contribution in [0.1, 0.15) is 31.1 Å². The first-order valence-electron chi connectivity index (χ1n) is 7.92. The number of carbonyl (C=O) groups excluding carboxylic acids is 2. The van der Waals surface area contributed by atoms with Gasteiger partial charge in [-0.1, -0.05) is 12.1 Å². The van der Waals surface area contributed by atoms with Gasteiger partial charge in [-0.25, -0.2) is 0 Å². The normalized spacial score (nSPS) is 19.5. The molecule has 1 saturated carbocycles. The van der Waals surface area contributed by atoms with E-state index in [1.807, 2.05) is 28.8 Å². The van der Waals surface area contributed by atoms with Crippen molar-refractivity contribution in [1.29, 1.82) is 0 Å². The van der Waals surface area contributed by atoms with Crippen molar-refractivity contribution in [1.82, 2.24) is 20.1 Å². The van der Waals surface area contributed by atoms with Crippen molar-refractivity contribution in [2.45, 2.75) is 42.0 Å². The number of amides is 2. The molecule has 2 aliphatic rings. The van der Waals surface area contributed by atoms with Crippen LogP contribution in [0.4, 0.5) is 5.69 Å². The Balaban J connectivity index is 1.34. The van der Waals surface area contributed by atoms with E-state index in [1.54, 1.807) is 6.33 Å².